The lowest BCUT2D eigenvalue weighted by Gasteiger charge is -2.23. The molecule has 1 aromatic heterocycles. The van der Waals surface area contributed by atoms with E-state index in [2.05, 4.69) is 34.4 Å². The van der Waals surface area contributed by atoms with Gasteiger partial charge in [-0.05, 0) is 26.2 Å². The van der Waals surface area contributed by atoms with Crippen molar-refractivity contribution in [1.29, 1.82) is 0 Å². The van der Waals surface area contributed by atoms with Gasteiger partial charge in [0.05, 0.1) is 5.60 Å². The highest BCUT2D eigenvalue weighted by atomic mass is 16.5. The molecule has 2 heterocycles. The Kier molecular flexibility index (Phi) is 4.58. The molecule has 0 saturated carbocycles. The number of anilines is 2. The van der Waals surface area contributed by atoms with Crippen molar-refractivity contribution < 1.29 is 4.74 Å². The summed E-state index contributed by atoms with van der Waals surface area (Å²) in [5.41, 5.74) is -0.0598. The number of aromatic nitrogens is 2. The van der Waals surface area contributed by atoms with Crippen molar-refractivity contribution in [2.24, 2.45) is 0 Å². The summed E-state index contributed by atoms with van der Waals surface area (Å²) in [6.07, 6.45) is 4.20. The Labute approximate surface area is 115 Å². The smallest absolute Gasteiger partial charge is 0.133 e. The monoisotopic (exact) mass is 264 g/mol. The van der Waals surface area contributed by atoms with Crippen LogP contribution in [0, 0.1) is 0 Å². The van der Waals surface area contributed by atoms with Crippen LogP contribution in [0.15, 0.2) is 6.07 Å². The molecular weight excluding hydrogens is 240 g/mol. The van der Waals surface area contributed by atoms with Crippen LogP contribution in [0.1, 0.15) is 38.9 Å². The minimum atomic E-state index is -0.0598. The molecule has 0 spiro atoms. The largest absolute Gasteiger partial charge is 0.373 e. The normalized spacial score (nSPS) is 22.5. The van der Waals surface area contributed by atoms with Crippen LogP contribution >= 0.6 is 0 Å². The van der Waals surface area contributed by atoms with Crippen LogP contribution in [0.25, 0.3) is 0 Å². The minimum Gasteiger partial charge on any atom is -0.373 e. The molecule has 5 nitrogen and oxygen atoms in total. The molecule has 0 aromatic carbocycles. The molecule has 1 saturated heterocycles. The van der Waals surface area contributed by atoms with Gasteiger partial charge >= 0.3 is 0 Å². The van der Waals surface area contributed by atoms with Gasteiger partial charge in [0.25, 0.3) is 0 Å². The number of nitrogens with zero attached hydrogens (tertiary/aromatic N) is 2. The number of hydrogen-bond acceptors (Lipinski definition) is 5. The average molecular weight is 264 g/mol. The molecule has 1 aliphatic heterocycles. The van der Waals surface area contributed by atoms with Crippen molar-refractivity contribution in [3.8, 4) is 0 Å². The first-order valence-electron chi connectivity index (χ1n) is 7.09. The number of hydrogen-bond donors (Lipinski definition) is 2. The van der Waals surface area contributed by atoms with Gasteiger partial charge in [0, 0.05) is 32.7 Å². The number of aryl methyl sites for hydroxylation is 1. The molecule has 1 fully saturated rings. The first-order valence-corrected chi connectivity index (χ1v) is 7.09. The third kappa shape index (κ3) is 3.80. The Morgan fingerprint density at radius 2 is 2.16 bits per heavy atom. The Morgan fingerprint density at radius 1 is 1.37 bits per heavy atom. The van der Waals surface area contributed by atoms with Crippen LogP contribution in [0.2, 0.25) is 0 Å². The SMILES string of the molecule is CCCc1nc(NC)cc(NCC2(C)CCCO2)n1. The van der Waals surface area contributed by atoms with Gasteiger partial charge in [-0.3, -0.25) is 0 Å². The van der Waals surface area contributed by atoms with Crippen molar-refractivity contribution in [2.75, 3.05) is 30.8 Å². The molecule has 1 aromatic rings. The molecule has 2 rings (SSSR count). The second-order valence-corrected chi connectivity index (χ2v) is 5.31. The quantitative estimate of drug-likeness (QED) is 0.826. The molecule has 19 heavy (non-hydrogen) atoms. The zero-order valence-corrected chi connectivity index (χ0v) is 12.1. The maximum atomic E-state index is 5.77. The van der Waals surface area contributed by atoms with Crippen molar-refractivity contribution in [3.05, 3.63) is 11.9 Å². The molecule has 0 aliphatic carbocycles. The topological polar surface area (TPSA) is 59.1 Å². The maximum absolute atomic E-state index is 5.77. The highest BCUT2D eigenvalue weighted by Gasteiger charge is 2.29. The number of nitrogens with one attached hydrogen (secondary N) is 2. The van der Waals surface area contributed by atoms with Gasteiger partial charge in [-0.1, -0.05) is 6.92 Å². The number of rotatable bonds is 6. The van der Waals surface area contributed by atoms with E-state index >= 15 is 0 Å². The van der Waals surface area contributed by atoms with Crippen LogP contribution in [0.3, 0.4) is 0 Å². The minimum absolute atomic E-state index is 0.0598. The van der Waals surface area contributed by atoms with Gasteiger partial charge in [0.15, 0.2) is 0 Å². The Balaban J connectivity index is 2.04. The summed E-state index contributed by atoms with van der Waals surface area (Å²) in [6.45, 7) is 5.94. The van der Waals surface area contributed by atoms with Crippen molar-refractivity contribution >= 4 is 11.6 Å². The van der Waals surface area contributed by atoms with E-state index in [1.165, 1.54) is 0 Å². The van der Waals surface area contributed by atoms with Crippen LogP contribution in [0.5, 0.6) is 0 Å². The first-order chi connectivity index (χ1) is 9.15. The average Bonchev–Trinajstić information content (AvgIpc) is 2.84. The molecule has 0 radical (unpaired) electrons. The Bertz CT molecular complexity index is 416. The lowest BCUT2D eigenvalue weighted by atomic mass is 10.0. The van der Waals surface area contributed by atoms with Gasteiger partial charge in [-0.15, -0.1) is 0 Å². The second kappa shape index (κ2) is 6.19. The molecular formula is C14H24N4O. The highest BCUT2D eigenvalue weighted by Crippen LogP contribution is 2.25. The molecule has 0 amide bonds. The van der Waals surface area contributed by atoms with Crippen LogP contribution < -0.4 is 10.6 Å². The predicted octanol–water partition coefficient (Wildman–Crippen LogP) is 2.45. The molecule has 1 unspecified atom stereocenters. The second-order valence-electron chi connectivity index (χ2n) is 5.31. The van der Waals surface area contributed by atoms with Crippen LogP contribution in [0.4, 0.5) is 11.6 Å². The lowest BCUT2D eigenvalue weighted by molar-refractivity contribution is 0.0314. The predicted molar refractivity (Wildman–Crippen MR) is 77.7 cm³/mol. The summed E-state index contributed by atoms with van der Waals surface area (Å²) in [6, 6.07) is 1.94. The number of ether oxygens (including phenoxy) is 1. The molecule has 2 N–H and O–H groups in total. The Hall–Kier alpha value is -1.36. The molecule has 5 heteroatoms. The fraction of sp³-hybridized carbons (Fsp3) is 0.714. The van der Waals surface area contributed by atoms with Gasteiger partial charge < -0.3 is 15.4 Å². The zero-order chi connectivity index (χ0) is 13.7. The summed E-state index contributed by atoms with van der Waals surface area (Å²) in [5.74, 6) is 2.62. The summed E-state index contributed by atoms with van der Waals surface area (Å²) in [7, 11) is 1.88. The lowest BCUT2D eigenvalue weighted by Crippen LogP contribution is -2.32. The van der Waals surface area contributed by atoms with Gasteiger partial charge in [-0.2, -0.15) is 0 Å². The molecule has 106 valence electrons. The summed E-state index contributed by atoms with van der Waals surface area (Å²) < 4.78 is 5.77. The highest BCUT2D eigenvalue weighted by molar-refractivity contribution is 5.47. The summed E-state index contributed by atoms with van der Waals surface area (Å²) >= 11 is 0. The van der Waals surface area contributed by atoms with E-state index < -0.39 is 0 Å². The third-order valence-corrected chi connectivity index (χ3v) is 3.45. The maximum Gasteiger partial charge on any atom is 0.133 e. The Morgan fingerprint density at radius 3 is 2.79 bits per heavy atom. The van der Waals surface area contributed by atoms with Crippen LogP contribution in [-0.4, -0.2) is 35.8 Å². The first kappa shape index (κ1) is 14.1. The van der Waals surface area contributed by atoms with Gasteiger partial charge in [0.1, 0.15) is 17.5 Å². The van der Waals surface area contributed by atoms with E-state index in [9.17, 15) is 0 Å². The fourth-order valence-corrected chi connectivity index (χ4v) is 2.30. The molecule has 0 bridgehead atoms. The third-order valence-electron chi connectivity index (χ3n) is 3.45. The van der Waals surface area contributed by atoms with E-state index in [0.29, 0.717) is 0 Å². The van der Waals surface area contributed by atoms with E-state index in [0.717, 1.165) is 56.3 Å². The summed E-state index contributed by atoms with van der Waals surface area (Å²) in [5, 5.41) is 6.47. The molecule has 1 atom stereocenters. The van der Waals surface area contributed by atoms with Crippen molar-refractivity contribution in [1.82, 2.24) is 9.97 Å². The van der Waals surface area contributed by atoms with E-state index in [-0.39, 0.29) is 5.60 Å². The summed E-state index contributed by atoms with van der Waals surface area (Å²) in [4.78, 5) is 8.99. The van der Waals surface area contributed by atoms with E-state index in [1.54, 1.807) is 0 Å². The molecule has 1 aliphatic rings. The van der Waals surface area contributed by atoms with E-state index in [1.807, 2.05) is 13.1 Å². The van der Waals surface area contributed by atoms with E-state index in [4.69, 9.17) is 4.74 Å². The van der Waals surface area contributed by atoms with Crippen LogP contribution in [-0.2, 0) is 11.2 Å². The van der Waals surface area contributed by atoms with Gasteiger partial charge in [-0.25, -0.2) is 9.97 Å². The van der Waals surface area contributed by atoms with Crippen molar-refractivity contribution in [3.63, 3.8) is 0 Å². The van der Waals surface area contributed by atoms with Gasteiger partial charge in [0.2, 0.25) is 0 Å². The fourth-order valence-electron chi connectivity index (χ4n) is 2.30. The standard InChI is InChI=1S/C14H24N4O/c1-4-6-11-17-12(15-3)9-13(18-11)16-10-14(2)7-5-8-19-14/h9H,4-8,10H2,1-3H3,(H2,15,16,17,18). The van der Waals surface area contributed by atoms with Crippen molar-refractivity contribution in [2.45, 2.75) is 45.1 Å². The zero-order valence-electron chi connectivity index (χ0n) is 12.1.